The van der Waals surface area contributed by atoms with Crippen LogP contribution in [0.1, 0.15) is 32.9 Å². The van der Waals surface area contributed by atoms with Crippen LogP contribution in [0.4, 0.5) is 11.5 Å². The lowest BCUT2D eigenvalue weighted by atomic mass is 10.1. The molecule has 0 saturated heterocycles. The second-order valence-corrected chi connectivity index (χ2v) is 5.10. The van der Waals surface area contributed by atoms with Crippen LogP contribution in [0.25, 0.3) is 0 Å². The van der Waals surface area contributed by atoms with Crippen LogP contribution in [0.3, 0.4) is 0 Å². The number of aryl methyl sites for hydroxylation is 2. The highest BCUT2D eigenvalue weighted by Crippen LogP contribution is 2.28. The first-order valence-electron chi connectivity index (χ1n) is 6.99. The molecule has 1 N–H and O–H groups in total. The van der Waals surface area contributed by atoms with Crippen molar-refractivity contribution < 1.29 is 9.66 Å². The summed E-state index contributed by atoms with van der Waals surface area (Å²) in [5.41, 5.74) is 0.568. The lowest BCUT2D eigenvalue weighted by Gasteiger charge is -2.08. The van der Waals surface area contributed by atoms with Gasteiger partial charge in [0.15, 0.2) is 0 Å². The van der Waals surface area contributed by atoms with Gasteiger partial charge in [-0.05, 0) is 18.8 Å². The van der Waals surface area contributed by atoms with Gasteiger partial charge in [-0.3, -0.25) is 10.1 Å². The summed E-state index contributed by atoms with van der Waals surface area (Å²) in [5, 5.41) is 18.3. The molecule has 0 bridgehead atoms. The third kappa shape index (κ3) is 4.48. The SMILES string of the molecule is CCc1nn(C)c(NCCOCCC(C)C)c1[N+](=O)[O-]. The Bertz CT molecular complexity index is 443. The van der Waals surface area contributed by atoms with Crippen LogP contribution in [0.2, 0.25) is 0 Å². The van der Waals surface area contributed by atoms with E-state index in [1.165, 1.54) is 4.68 Å². The van der Waals surface area contributed by atoms with Gasteiger partial charge in [0, 0.05) is 20.2 Å². The number of aromatic nitrogens is 2. The van der Waals surface area contributed by atoms with Crippen LogP contribution in [0, 0.1) is 16.0 Å². The molecule has 0 radical (unpaired) electrons. The van der Waals surface area contributed by atoms with E-state index in [4.69, 9.17) is 4.74 Å². The Morgan fingerprint density at radius 1 is 1.45 bits per heavy atom. The average Bonchev–Trinajstić information content (AvgIpc) is 2.70. The van der Waals surface area contributed by atoms with Crippen LogP contribution >= 0.6 is 0 Å². The number of rotatable bonds is 9. The zero-order valence-corrected chi connectivity index (χ0v) is 12.7. The van der Waals surface area contributed by atoms with E-state index in [-0.39, 0.29) is 10.6 Å². The number of ether oxygens (including phenoxy) is 1. The molecule has 1 aromatic rings. The predicted octanol–water partition coefficient (Wildman–Crippen LogP) is 2.37. The van der Waals surface area contributed by atoms with E-state index >= 15 is 0 Å². The molecule has 1 aromatic heterocycles. The number of nitro groups is 1. The smallest absolute Gasteiger partial charge is 0.333 e. The molecule has 7 nitrogen and oxygen atoms in total. The van der Waals surface area contributed by atoms with Crippen molar-refractivity contribution in [1.82, 2.24) is 9.78 Å². The van der Waals surface area contributed by atoms with Crippen molar-refractivity contribution in [2.75, 3.05) is 25.1 Å². The van der Waals surface area contributed by atoms with E-state index in [0.717, 1.165) is 6.42 Å². The number of hydrogen-bond acceptors (Lipinski definition) is 5. The molecule has 0 unspecified atom stereocenters. The van der Waals surface area contributed by atoms with Crippen LogP contribution in [0.5, 0.6) is 0 Å². The lowest BCUT2D eigenvalue weighted by molar-refractivity contribution is -0.384. The van der Waals surface area contributed by atoms with E-state index in [0.29, 0.717) is 43.6 Å². The molecular weight excluding hydrogens is 260 g/mol. The zero-order valence-electron chi connectivity index (χ0n) is 12.7. The second kappa shape index (κ2) is 7.84. The molecule has 0 amide bonds. The normalized spacial score (nSPS) is 11.1. The van der Waals surface area contributed by atoms with Crippen molar-refractivity contribution in [3.8, 4) is 0 Å². The standard InChI is InChI=1S/C13H24N4O3/c1-5-11-12(17(18)19)13(16(4)15-11)14-7-9-20-8-6-10(2)3/h10,14H,5-9H2,1-4H3. The van der Waals surface area contributed by atoms with Crippen molar-refractivity contribution in [2.45, 2.75) is 33.6 Å². The van der Waals surface area contributed by atoms with Gasteiger partial charge < -0.3 is 10.1 Å². The highest BCUT2D eigenvalue weighted by atomic mass is 16.6. The van der Waals surface area contributed by atoms with E-state index < -0.39 is 0 Å². The molecule has 0 aliphatic carbocycles. The Morgan fingerprint density at radius 2 is 2.15 bits per heavy atom. The van der Waals surface area contributed by atoms with Crippen LogP contribution in [0.15, 0.2) is 0 Å². The first-order chi connectivity index (χ1) is 9.47. The average molecular weight is 284 g/mol. The van der Waals surface area contributed by atoms with Crippen molar-refractivity contribution in [3.63, 3.8) is 0 Å². The summed E-state index contributed by atoms with van der Waals surface area (Å²) in [4.78, 5) is 10.7. The van der Waals surface area contributed by atoms with Crippen molar-refractivity contribution in [1.29, 1.82) is 0 Å². The molecule has 0 saturated carbocycles. The Kier molecular flexibility index (Phi) is 6.44. The molecule has 114 valence electrons. The molecular formula is C13H24N4O3. The highest BCUT2D eigenvalue weighted by Gasteiger charge is 2.25. The first-order valence-corrected chi connectivity index (χ1v) is 6.99. The molecule has 1 heterocycles. The fourth-order valence-corrected chi connectivity index (χ4v) is 1.86. The highest BCUT2D eigenvalue weighted by molar-refractivity contribution is 5.59. The van der Waals surface area contributed by atoms with E-state index in [1.807, 2.05) is 6.92 Å². The van der Waals surface area contributed by atoms with Gasteiger partial charge in [0.1, 0.15) is 5.69 Å². The van der Waals surface area contributed by atoms with Gasteiger partial charge in [0.25, 0.3) is 0 Å². The molecule has 0 spiro atoms. The maximum Gasteiger partial charge on any atom is 0.333 e. The van der Waals surface area contributed by atoms with Gasteiger partial charge in [-0.2, -0.15) is 5.10 Å². The van der Waals surface area contributed by atoms with E-state index in [9.17, 15) is 10.1 Å². The summed E-state index contributed by atoms with van der Waals surface area (Å²) in [7, 11) is 1.70. The summed E-state index contributed by atoms with van der Waals surface area (Å²) in [6.45, 7) is 7.92. The monoisotopic (exact) mass is 284 g/mol. The maximum absolute atomic E-state index is 11.1. The van der Waals surface area contributed by atoms with Gasteiger partial charge in [-0.1, -0.05) is 20.8 Å². The van der Waals surface area contributed by atoms with Crippen molar-refractivity contribution in [2.24, 2.45) is 13.0 Å². The van der Waals surface area contributed by atoms with Gasteiger partial charge in [-0.25, -0.2) is 4.68 Å². The summed E-state index contributed by atoms with van der Waals surface area (Å²) in [5.74, 6) is 1.06. The first kappa shape index (κ1) is 16.4. The van der Waals surface area contributed by atoms with Gasteiger partial charge in [0.05, 0.1) is 11.5 Å². The molecule has 7 heteroatoms. The fraction of sp³-hybridized carbons (Fsp3) is 0.769. The summed E-state index contributed by atoms with van der Waals surface area (Å²) >= 11 is 0. The minimum atomic E-state index is -0.381. The molecule has 0 fully saturated rings. The number of nitrogens with zero attached hydrogens (tertiary/aromatic N) is 3. The van der Waals surface area contributed by atoms with E-state index in [2.05, 4.69) is 24.3 Å². The number of nitrogens with one attached hydrogen (secondary N) is 1. The van der Waals surface area contributed by atoms with Crippen molar-refractivity contribution >= 4 is 11.5 Å². The Hall–Kier alpha value is -1.63. The predicted molar refractivity (Wildman–Crippen MR) is 78.0 cm³/mol. The van der Waals surface area contributed by atoms with E-state index in [1.54, 1.807) is 7.05 Å². The third-order valence-corrected chi connectivity index (χ3v) is 2.99. The quantitative estimate of drug-likeness (QED) is 0.427. The summed E-state index contributed by atoms with van der Waals surface area (Å²) < 4.78 is 7.00. The number of anilines is 1. The summed E-state index contributed by atoms with van der Waals surface area (Å²) in [6.07, 6.45) is 1.56. The molecule has 1 rings (SSSR count). The molecule has 20 heavy (non-hydrogen) atoms. The molecule has 0 atom stereocenters. The fourth-order valence-electron chi connectivity index (χ4n) is 1.86. The van der Waals surface area contributed by atoms with Gasteiger partial charge in [0.2, 0.25) is 5.82 Å². The third-order valence-electron chi connectivity index (χ3n) is 2.99. The van der Waals surface area contributed by atoms with Crippen LogP contribution in [-0.2, 0) is 18.2 Å². The molecule has 0 aromatic carbocycles. The van der Waals surface area contributed by atoms with Crippen molar-refractivity contribution in [3.05, 3.63) is 15.8 Å². The van der Waals surface area contributed by atoms with Crippen LogP contribution in [-0.4, -0.2) is 34.5 Å². The summed E-state index contributed by atoms with van der Waals surface area (Å²) in [6, 6.07) is 0. The molecule has 0 aliphatic rings. The van der Waals surface area contributed by atoms with Gasteiger partial charge >= 0.3 is 5.69 Å². The topological polar surface area (TPSA) is 82.2 Å². The maximum atomic E-state index is 11.1. The Morgan fingerprint density at radius 3 is 2.70 bits per heavy atom. The Balaban J connectivity index is 2.51. The lowest BCUT2D eigenvalue weighted by Crippen LogP contribution is -2.13. The van der Waals surface area contributed by atoms with Crippen LogP contribution < -0.4 is 5.32 Å². The minimum absolute atomic E-state index is 0.0668. The zero-order chi connectivity index (χ0) is 15.1. The Labute approximate surface area is 119 Å². The largest absolute Gasteiger partial charge is 0.380 e. The minimum Gasteiger partial charge on any atom is -0.380 e. The van der Waals surface area contributed by atoms with Gasteiger partial charge in [-0.15, -0.1) is 0 Å². The number of hydrogen-bond donors (Lipinski definition) is 1. The molecule has 0 aliphatic heterocycles. The second-order valence-electron chi connectivity index (χ2n) is 5.10.